The number of nitrogens with one attached hydrogen (secondary N) is 1. The molecule has 0 saturated carbocycles. The molecule has 5 heteroatoms. The number of rotatable bonds is 4. The quantitative estimate of drug-likeness (QED) is 0.778. The van der Waals surface area contributed by atoms with Crippen LogP contribution < -0.4 is 14.8 Å². The first-order valence-corrected chi connectivity index (χ1v) is 8.96. The molecule has 1 N–H and O–H groups in total. The minimum atomic E-state index is -0.666. The van der Waals surface area contributed by atoms with Crippen LogP contribution in [0.4, 0.5) is 0 Å². The third-order valence-corrected chi connectivity index (χ3v) is 4.99. The van der Waals surface area contributed by atoms with Crippen LogP contribution in [0, 0.1) is 0 Å². The second-order valence-corrected chi connectivity index (χ2v) is 6.71. The standard InChI is InChI=1S/C20H17NO3S/c22-20(17-13-23-15-9-4-5-10-16(15)24-17)21-19(18-11-6-12-25-18)14-7-2-1-3-8-14/h1-12,17,19H,13H2,(H,21,22)/t17-,19+/m0/s1. The Labute approximate surface area is 150 Å². The largest absolute Gasteiger partial charge is 0.485 e. The van der Waals surface area contributed by atoms with E-state index in [1.807, 2.05) is 72.1 Å². The van der Waals surface area contributed by atoms with Gasteiger partial charge in [0.15, 0.2) is 11.5 Å². The Morgan fingerprint density at radius 1 is 1.00 bits per heavy atom. The highest BCUT2D eigenvalue weighted by Crippen LogP contribution is 2.31. The lowest BCUT2D eigenvalue weighted by atomic mass is 10.0. The fourth-order valence-corrected chi connectivity index (χ4v) is 3.61. The van der Waals surface area contributed by atoms with Crippen LogP contribution in [0.3, 0.4) is 0 Å². The van der Waals surface area contributed by atoms with Crippen molar-refractivity contribution in [2.75, 3.05) is 6.61 Å². The van der Waals surface area contributed by atoms with Gasteiger partial charge in [0.05, 0.1) is 6.04 Å². The molecule has 0 aliphatic carbocycles. The van der Waals surface area contributed by atoms with E-state index in [2.05, 4.69) is 5.32 Å². The molecule has 2 heterocycles. The van der Waals surface area contributed by atoms with E-state index < -0.39 is 6.10 Å². The summed E-state index contributed by atoms with van der Waals surface area (Å²) in [6, 6.07) is 21.1. The van der Waals surface area contributed by atoms with Crippen LogP contribution in [-0.2, 0) is 4.79 Å². The average Bonchev–Trinajstić information content (AvgIpc) is 3.20. The predicted octanol–water partition coefficient (Wildman–Crippen LogP) is 3.79. The lowest BCUT2D eigenvalue weighted by molar-refractivity contribution is -0.130. The van der Waals surface area contributed by atoms with Gasteiger partial charge in [0, 0.05) is 4.88 Å². The second kappa shape index (κ2) is 6.99. The number of benzene rings is 2. The number of thiophene rings is 1. The van der Waals surface area contributed by atoms with Crippen molar-refractivity contribution in [2.24, 2.45) is 0 Å². The summed E-state index contributed by atoms with van der Waals surface area (Å²) in [4.78, 5) is 13.9. The topological polar surface area (TPSA) is 47.6 Å². The molecule has 1 aliphatic rings. The van der Waals surface area contributed by atoms with E-state index in [1.54, 1.807) is 11.3 Å². The molecule has 0 fully saturated rings. The lowest BCUT2D eigenvalue weighted by Crippen LogP contribution is -2.45. The van der Waals surface area contributed by atoms with Gasteiger partial charge in [0.2, 0.25) is 6.10 Å². The lowest BCUT2D eigenvalue weighted by Gasteiger charge is -2.27. The summed E-state index contributed by atoms with van der Waals surface area (Å²) >= 11 is 1.62. The van der Waals surface area contributed by atoms with Crippen LogP contribution in [0.1, 0.15) is 16.5 Å². The van der Waals surface area contributed by atoms with Gasteiger partial charge in [-0.05, 0) is 29.1 Å². The number of para-hydroxylation sites is 2. The Morgan fingerprint density at radius 3 is 2.52 bits per heavy atom. The number of hydrogen-bond donors (Lipinski definition) is 1. The fourth-order valence-electron chi connectivity index (χ4n) is 2.80. The van der Waals surface area contributed by atoms with Crippen molar-refractivity contribution in [2.45, 2.75) is 12.1 Å². The molecule has 126 valence electrons. The summed E-state index contributed by atoms with van der Waals surface area (Å²) in [7, 11) is 0. The van der Waals surface area contributed by atoms with Crippen molar-refractivity contribution in [1.82, 2.24) is 5.32 Å². The molecule has 0 radical (unpaired) electrons. The normalized spacial score (nSPS) is 16.9. The Balaban J connectivity index is 1.54. The van der Waals surface area contributed by atoms with Gasteiger partial charge in [-0.2, -0.15) is 0 Å². The average molecular weight is 351 g/mol. The minimum absolute atomic E-state index is 0.184. The molecule has 4 nitrogen and oxygen atoms in total. The fraction of sp³-hybridized carbons (Fsp3) is 0.150. The van der Waals surface area contributed by atoms with Gasteiger partial charge in [0.25, 0.3) is 5.91 Å². The Kier molecular flexibility index (Phi) is 4.39. The number of hydrogen-bond acceptors (Lipinski definition) is 4. The SMILES string of the molecule is O=C(N[C@H](c1ccccc1)c1cccs1)[C@@H]1COc2ccccc2O1. The van der Waals surface area contributed by atoms with Gasteiger partial charge in [-0.25, -0.2) is 0 Å². The van der Waals surface area contributed by atoms with Crippen molar-refractivity contribution in [3.63, 3.8) is 0 Å². The molecule has 0 bridgehead atoms. The first-order valence-electron chi connectivity index (χ1n) is 8.08. The van der Waals surface area contributed by atoms with Gasteiger partial charge < -0.3 is 14.8 Å². The minimum Gasteiger partial charge on any atom is -0.485 e. The number of amides is 1. The Bertz CT molecular complexity index is 848. The maximum absolute atomic E-state index is 12.8. The van der Waals surface area contributed by atoms with Crippen LogP contribution >= 0.6 is 11.3 Å². The number of fused-ring (bicyclic) bond motifs is 1. The molecule has 1 aliphatic heterocycles. The molecule has 1 aromatic heterocycles. The van der Waals surface area contributed by atoms with Gasteiger partial charge in [-0.1, -0.05) is 48.5 Å². The number of carbonyl (C=O) groups excluding carboxylic acids is 1. The zero-order valence-corrected chi connectivity index (χ0v) is 14.2. The summed E-state index contributed by atoms with van der Waals surface area (Å²) < 4.78 is 11.5. The maximum Gasteiger partial charge on any atom is 0.265 e. The summed E-state index contributed by atoms with van der Waals surface area (Å²) in [5, 5.41) is 5.11. The molecule has 25 heavy (non-hydrogen) atoms. The molecule has 3 aromatic rings. The van der Waals surface area contributed by atoms with E-state index in [9.17, 15) is 4.79 Å². The first kappa shape index (κ1) is 15.7. The predicted molar refractivity (Wildman–Crippen MR) is 97.1 cm³/mol. The van der Waals surface area contributed by atoms with Crippen molar-refractivity contribution in [1.29, 1.82) is 0 Å². The highest BCUT2D eigenvalue weighted by molar-refractivity contribution is 7.10. The Hall–Kier alpha value is -2.79. The van der Waals surface area contributed by atoms with Crippen molar-refractivity contribution < 1.29 is 14.3 Å². The second-order valence-electron chi connectivity index (χ2n) is 5.73. The smallest absolute Gasteiger partial charge is 0.265 e. The van der Waals surface area contributed by atoms with Crippen LogP contribution in [0.15, 0.2) is 72.1 Å². The summed E-state index contributed by atoms with van der Waals surface area (Å²) in [5.74, 6) is 1.09. The van der Waals surface area contributed by atoms with Gasteiger partial charge in [-0.15, -0.1) is 11.3 Å². The summed E-state index contributed by atoms with van der Waals surface area (Å²) in [5.41, 5.74) is 1.04. The summed E-state index contributed by atoms with van der Waals surface area (Å²) in [6.45, 7) is 0.203. The van der Waals surface area contributed by atoms with Crippen molar-refractivity contribution >= 4 is 17.2 Å². The van der Waals surface area contributed by atoms with E-state index in [0.29, 0.717) is 11.5 Å². The molecule has 2 atom stereocenters. The van der Waals surface area contributed by atoms with Crippen molar-refractivity contribution in [3.8, 4) is 11.5 Å². The third kappa shape index (κ3) is 3.37. The molecular weight excluding hydrogens is 334 g/mol. The molecular formula is C20H17NO3S. The highest BCUT2D eigenvalue weighted by atomic mass is 32.1. The van der Waals surface area contributed by atoms with Gasteiger partial charge in [-0.3, -0.25) is 4.79 Å². The number of ether oxygens (including phenoxy) is 2. The van der Waals surface area contributed by atoms with E-state index >= 15 is 0 Å². The number of carbonyl (C=O) groups is 1. The highest BCUT2D eigenvalue weighted by Gasteiger charge is 2.29. The van der Waals surface area contributed by atoms with Crippen LogP contribution in [-0.4, -0.2) is 18.6 Å². The third-order valence-electron chi connectivity index (χ3n) is 4.05. The van der Waals surface area contributed by atoms with Gasteiger partial charge >= 0.3 is 0 Å². The van der Waals surface area contributed by atoms with Crippen LogP contribution in [0.25, 0.3) is 0 Å². The van der Waals surface area contributed by atoms with Gasteiger partial charge in [0.1, 0.15) is 6.61 Å². The molecule has 1 amide bonds. The molecule has 0 saturated heterocycles. The van der Waals surface area contributed by atoms with Crippen LogP contribution in [0.2, 0.25) is 0 Å². The van der Waals surface area contributed by atoms with Crippen LogP contribution in [0.5, 0.6) is 11.5 Å². The van der Waals surface area contributed by atoms with E-state index in [0.717, 1.165) is 10.4 Å². The molecule has 0 unspecified atom stereocenters. The molecule has 0 spiro atoms. The Morgan fingerprint density at radius 2 is 1.76 bits per heavy atom. The first-order chi connectivity index (χ1) is 12.3. The molecule has 2 aromatic carbocycles. The monoisotopic (exact) mass is 351 g/mol. The van der Waals surface area contributed by atoms with E-state index in [-0.39, 0.29) is 18.6 Å². The maximum atomic E-state index is 12.8. The summed E-state index contributed by atoms with van der Waals surface area (Å²) in [6.07, 6.45) is -0.666. The van der Waals surface area contributed by atoms with E-state index in [1.165, 1.54) is 0 Å². The van der Waals surface area contributed by atoms with E-state index in [4.69, 9.17) is 9.47 Å². The molecule has 4 rings (SSSR count). The van der Waals surface area contributed by atoms with Crippen molar-refractivity contribution in [3.05, 3.63) is 82.6 Å². The zero-order chi connectivity index (χ0) is 17.1. The zero-order valence-electron chi connectivity index (χ0n) is 13.4.